The molecule has 0 spiro atoms. The molecular weight excluding hydrogens is 254 g/mol. The maximum absolute atomic E-state index is 12.3. The van der Waals surface area contributed by atoms with Crippen LogP contribution in [-0.2, 0) is 0 Å². The highest BCUT2D eigenvalue weighted by atomic mass is 35.5. The molecule has 18 heavy (non-hydrogen) atoms. The number of halogens is 1. The Morgan fingerprint density at radius 3 is 2.61 bits per heavy atom. The molecule has 0 aromatic heterocycles. The molecular formula is C13H18ClNO3. The number of carbonyl (C=O) groups is 1. The first-order valence-corrected chi connectivity index (χ1v) is 6.40. The van der Waals surface area contributed by atoms with Crippen molar-refractivity contribution in [1.29, 1.82) is 0 Å². The van der Waals surface area contributed by atoms with Gasteiger partial charge in [0.05, 0.1) is 5.56 Å². The average molecular weight is 272 g/mol. The maximum Gasteiger partial charge on any atom is 0.257 e. The van der Waals surface area contributed by atoms with Crippen LogP contribution in [0.5, 0.6) is 11.5 Å². The summed E-state index contributed by atoms with van der Waals surface area (Å²) < 4.78 is 0. The third kappa shape index (κ3) is 3.29. The van der Waals surface area contributed by atoms with E-state index in [0.29, 0.717) is 18.8 Å². The number of alkyl halides is 1. The summed E-state index contributed by atoms with van der Waals surface area (Å²) >= 11 is 5.63. The number of para-hydroxylation sites is 1. The van der Waals surface area contributed by atoms with E-state index >= 15 is 0 Å². The van der Waals surface area contributed by atoms with E-state index in [2.05, 4.69) is 0 Å². The standard InChI is InChI=1S/C13H18ClNO3/c1-9(2)15(8-4-7-14)13(18)10-5-3-6-11(16)12(10)17/h3,5-6,9,16-17H,4,7-8H2,1-2H3. The Kier molecular flexibility index (Phi) is 5.28. The minimum atomic E-state index is -0.376. The first kappa shape index (κ1) is 14.6. The first-order chi connectivity index (χ1) is 8.49. The molecule has 1 amide bonds. The highest BCUT2D eigenvalue weighted by Crippen LogP contribution is 2.29. The van der Waals surface area contributed by atoms with Crippen LogP contribution in [0, 0.1) is 0 Å². The number of hydrogen-bond acceptors (Lipinski definition) is 3. The topological polar surface area (TPSA) is 60.8 Å². The Labute approximate surface area is 112 Å². The van der Waals surface area contributed by atoms with Crippen LogP contribution in [0.25, 0.3) is 0 Å². The molecule has 0 atom stereocenters. The van der Waals surface area contributed by atoms with Crippen LogP contribution in [0.4, 0.5) is 0 Å². The van der Waals surface area contributed by atoms with Crippen molar-refractivity contribution in [2.45, 2.75) is 26.3 Å². The van der Waals surface area contributed by atoms with Crippen LogP contribution in [0.2, 0.25) is 0 Å². The first-order valence-electron chi connectivity index (χ1n) is 5.87. The van der Waals surface area contributed by atoms with E-state index in [1.807, 2.05) is 13.8 Å². The molecule has 100 valence electrons. The molecule has 0 bridgehead atoms. The van der Waals surface area contributed by atoms with E-state index in [1.54, 1.807) is 4.90 Å². The molecule has 0 saturated heterocycles. The Bertz CT molecular complexity index is 421. The van der Waals surface area contributed by atoms with Gasteiger partial charge < -0.3 is 15.1 Å². The Hall–Kier alpha value is -1.42. The number of rotatable bonds is 5. The van der Waals surface area contributed by atoms with Gasteiger partial charge in [0.1, 0.15) is 0 Å². The van der Waals surface area contributed by atoms with Crippen molar-refractivity contribution >= 4 is 17.5 Å². The third-order valence-electron chi connectivity index (χ3n) is 2.66. The number of carbonyl (C=O) groups excluding carboxylic acids is 1. The molecule has 0 aliphatic rings. The lowest BCUT2D eigenvalue weighted by Crippen LogP contribution is -2.37. The van der Waals surface area contributed by atoms with Gasteiger partial charge in [-0.1, -0.05) is 6.07 Å². The summed E-state index contributed by atoms with van der Waals surface area (Å²) in [6.45, 7) is 4.31. The average Bonchev–Trinajstić information content (AvgIpc) is 2.32. The van der Waals surface area contributed by atoms with Crippen molar-refractivity contribution in [1.82, 2.24) is 4.90 Å². The van der Waals surface area contributed by atoms with Crippen molar-refractivity contribution < 1.29 is 15.0 Å². The van der Waals surface area contributed by atoms with Crippen molar-refractivity contribution in [2.24, 2.45) is 0 Å². The summed E-state index contributed by atoms with van der Waals surface area (Å²) in [5.41, 5.74) is 0.110. The number of hydrogen-bond donors (Lipinski definition) is 2. The molecule has 1 rings (SSSR count). The summed E-state index contributed by atoms with van der Waals surface area (Å²) in [6, 6.07) is 4.36. The minimum absolute atomic E-state index is 0.00228. The van der Waals surface area contributed by atoms with Gasteiger partial charge in [0.25, 0.3) is 5.91 Å². The van der Waals surface area contributed by atoms with Crippen LogP contribution in [-0.4, -0.2) is 39.5 Å². The Morgan fingerprint density at radius 1 is 1.39 bits per heavy atom. The summed E-state index contributed by atoms with van der Waals surface area (Å²) in [6.07, 6.45) is 0.686. The van der Waals surface area contributed by atoms with Gasteiger partial charge in [0, 0.05) is 18.5 Å². The van der Waals surface area contributed by atoms with Gasteiger partial charge >= 0.3 is 0 Å². The van der Waals surface area contributed by atoms with Crippen LogP contribution in [0.15, 0.2) is 18.2 Å². The van der Waals surface area contributed by atoms with Crippen molar-refractivity contribution in [3.63, 3.8) is 0 Å². The molecule has 0 radical (unpaired) electrons. The normalized spacial score (nSPS) is 10.7. The predicted molar refractivity (Wildman–Crippen MR) is 71.3 cm³/mol. The molecule has 0 aliphatic carbocycles. The molecule has 1 aromatic rings. The fraction of sp³-hybridized carbons (Fsp3) is 0.462. The third-order valence-corrected chi connectivity index (χ3v) is 2.93. The van der Waals surface area contributed by atoms with Crippen molar-refractivity contribution in [3.05, 3.63) is 23.8 Å². The number of benzene rings is 1. The lowest BCUT2D eigenvalue weighted by atomic mass is 10.1. The van der Waals surface area contributed by atoms with Crippen molar-refractivity contribution in [2.75, 3.05) is 12.4 Å². The Morgan fingerprint density at radius 2 is 2.06 bits per heavy atom. The van der Waals surface area contributed by atoms with Gasteiger partial charge in [-0.2, -0.15) is 0 Å². The van der Waals surface area contributed by atoms with Gasteiger partial charge in [0.15, 0.2) is 11.5 Å². The highest BCUT2D eigenvalue weighted by Gasteiger charge is 2.22. The van der Waals surface area contributed by atoms with Crippen molar-refractivity contribution in [3.8, 4) is 11.5 Å². The molecule has 0 saturated carbocycles. The van der Waals surface area contributed by atoms with E-state index in [-0.39, 0.29) is 29.0 Å². The zero-order valence-electron chi connectivity index (χ0n) is 10.6. The summed E-state index contributed by atoms with van der Waals surface area (Å²) in [7, 11) is 0. The highest BCUT2D eigenvalue weighted by molar-refractivity contribution is 6.17. The van der Waals surface area contributed by atoms with E-state index in [4.69, 9.17) is 11.6 Å². The van der Waals surface area contributed by atoms with Crippen LogP contribution in [0.3, 0.4) is 0 Å². The lowest BCUT2D eigenvalue weighted by Gasteiger charge is -2.27. The lowest BCUT2D eigenvalue weighted by molar-refractivity contribution is 0.0702. The maximum atomic E-state index is 12.3. The zero-order chi connectivity index (χ0) is 13.7. The molecule has 1 aromatic carbocycles. The number of amides is 1. The number of nitrogens with zero attached hydrogens (tertiary/aromatic N) is 1. The number of aromatic hydroxyl groups is 2. The number of phenolic OH excluding ortho intramolecular Hbond substituents is 2. The second kappa shape index (κ2) is 6.50. The summed E-state index contributed by atoms with van der Waals surface area (Å²) in [4.78, 5) is 13.9. The molecule has 5 heteroatoms. The second-order valence-corrected chi connectivity index (χ2v) is 4.69. The number of phenols is 2. The SMILES string of the molecule is CC(C)N(CCCCl)C(=O)c1cccc(O)c1O. The summed E-state index contributed by atoms with van der Waals surface area (Å²) in [5, 5.41) is 19.1. The van der Waals surface area contributed by atoms with Gasteiger partial charge in [-0.25, -0.2) is 0 Å². The monoisotopic (exact) mass is 271 g/mol. The van der Waals surface area contributed by atoms with Gasteiger partial charge in [-0.3, -0.25) is 4.79 Å². The predicted octanol–water partition coefficient (Wildman–Crippen LogP) is 2.58. The Balaban J connectivity index is 2.98. The van der Waals surface area contributed by atoms with E-state index in [0.717, 1.165) is 0 Å². The minimum Gasteiger partial charge on any atom is -0.504 e. The molecule has 0 aliphatic heterocycles. The van der Waals surface area contributed by atoms with E-state index < -0.39 is 0 Å². The van der Waals surface area contributed by atoms with Gasteiger partial charge in [-0.05, 0) is 32.4 Å². The summed E-state index contributed by atoms with van der Waals surface area (Å²) in [5.74, 6) is -0.493. The quantitative estimate of drug-likeness (QED) is 0.639. The van der Waals surface area contributed by atoms with Crippen LogP contribution in [0.1, 0.15) is 30.6 Å². The van der Waals surface area contributed by atoms with E-state index in [9.17, 15) is 15.0 Å². The molecule has 0 unspecified atom stereocenters. The molecule has 2 N–H and O–H groups in total. The van der Waals surface area contributed by atoms with E-state index in [1.165, 1.54) is 18.2 Å². The van der Waals surface area contributed by atoms with Gasteiger partial charge in [0.2, 0.25) is 0 Å². The zero-order valence-corrected chi connectivity index (χ0v) is 11.3. The largest absolute Gasteiger partial charge is 0.504 e. The van der Waals surface area contributed by atoms with Crippen LogP contribution < -0.4 is 0 Å². The second-order valence-electron chi connectivity index (χ2n) is 4.31. The molecule has 0 heterocycles. The fourth-order valence-electron chi connectivity index (χ4n) is 1.68. The van der Waals surface area contributed by atoms with Crippen LogP contribution >= 0.6 is 11.6 Å². The molecule has 0 fully saturated rings. The molecule has 4 nitrogen and oxygen atoms in total. The smallest absolute Gasteiger partial charge is 0.257 e. The fourth-order valence-corrected chi connectivity index (χ4v) is 1.80. The van der Waals surface area contributed by atoms with Gasteiger partial charge in [-0.15, -0.1) is 11.6 Å².